The number of carbonyl (C=O) groups excluding carboxylic acids is 1. The monoisotopic (exact) mass is 504 g/mol. The number of rotatable bonds is 9. The van der Waals surface area contributed by atoms with Crippen LogP contribution in [-0.2, 0) is 14.8 Å². The van der Waals surface area contributed by atoms with E-state index >= 15 is 0 Å². The zero-order valence-corrected chi connectivity index (χ0v) is 20.4. The molecule has 8 nitrogen and oxygen atoms in total. The molecule has 1 unspecified atom stereocenters. The molecule has 0 aliphatic heterocycles. The molecule has 1 amide bonds. The summed E-state index contributed by atoms with van der Waals surface area (Å²) in [6.45, 7) is 1.34. The molecule has 0 aliphatic carbocycles. The fourth-order valence-corrected chi connectivity index (χ4v) is 4.53. The van der Waals surface area contributed by atoms with Crippen molar-refractivity contribution in [3.63, 3.8) is 0 Å². The first-order chi connectivity index (χ1) is 16.2. The first kappa shape index (κ1) is 25.5. The summed E-state index contributed by atoms with van der Waals surface area (Å²) in [6, 6.07) is 16.1. The van der Waals surface area contributed by atoms with Gasteiger partial charge in [-0.05, 0) is 48.4 Å². The summed E-state index contributed by atoms with van der Waals surface area (Å²) in [4.78, 5) is 12.5. The Morgan fingerprint density at radius 1 is 1.00 bits per heavy atom. The van der Waals surface area contributed by atoms with E-state index in [2.05, 4.69) is 10.0 Å². The van der Waals surface area contributed by atoms with Crippen molar-refractivity contribution in [1.29, 1.82) is 0 Å². The van der Waals surface area contributed by atoms with Crippen molar-refractivity contribution in [3.8, 4) is 11.5 Å². The highest BCUT2D eigenvalue weighted by molar-refractivity contribution is 7.89. The molecule has 10 heteroatoms. The zero-order valence-electron chi connectivity index (χ0n) is 18.8. The molecule has 0 saturated heterocycles. The van der Waals surface area contributed by atoms with Gasteiger partial charge in [0.05, 0.1) is 25.7 Å². The molecule has 0 spiro atoms. The lowest BCUT2D eigenvalue weighted by atomic mass is 9.96. The third kappa shape index (κ3) is 5.87. The molecule has 3 aromatic carbocycles. The smallest absolute Gasteiger partial charge is 0.241 e. The Bertz CT molecular complexity index is 1300. The topological polar surface area (TPSA) is 114 Å². The molecule has 0 saturated carbocycles. The van der Waals surface area contributed by atoms with E-state index in [9.17, 15) is 18.3 Å². The maximum absolute atomic E-state index is 12.7. The molecule has 0 aromatic heterocycles. The average molecular weight is 505 g/mol. The average Bonchev–Trinajstić information content (AvgIpc) is 2.83. The predicted octanol–water partition coefficient (Wildman–Crippen LogP) is 3.66. The maximum Gasteiger partial charge on any atom is 0.241 e. The lowest BCUT2D eigenvalue weighted by molar-refractivity contribution is -0.115. The normalized spacial score (nSPS) is 12.1. The number of aryl methyl sites for hydroxylation is 1. The van der Waals surface area contributed by atoms with Crippen LogP contribution in [0.15, 0.2) is 65.6 Å². The number of methoxy groups -OCH3 is 2. The highest BCUT2D eigenvalue weighted by Gasteiger charge is 2.21. The van der Waals surface area contributed by atoms with E-state index in [0.717, 1.165) is 5.56 Å². The Morgan fingerprint density at radius 3 is 2.38 bits per heavy atom. The number of amides is 1. The van der Waals surface area contributed by atoms with Crippen LogP contribution in [0, 0.1) is 6.92 Å². The lowest BCUT2D eigenvalue weighted by Gasteiger charge is -2.19. The summed E-state index contributed by atoms with van der Waals surface area (Å²) >= 11 is 6.13. The van der Waals surface area contributed by atoms with Gasteiger partial charge >= 0.3 is 0 Å². The standard InChI is InChI=1S/C24H25ClN2O6S/c1-15-6-4-5-7-18(15)24(29)19-12-16(25)8-10-20(19)27-23(28)14-26-34(30,31)17-9-11-21(32-2)22(13-17)33-3/h4-13,24,26,29H,14H2,1-3H3,(H,27,28). The summed E-state index contributed by atoms with van der Waals surface area (Å²) in [7, 11) is -1.17. The van der Waals surface area contributed by atoms with Gasteiger partial charge in [-0.2, -0.15) is 0 Å². The third-order valence-electron chi connectivity index (χ3n) is 5.15. The van der Waals surface area contributed by atoms with Crippen LogP contribution in [-0.4, -0.2) is 40.2 Å². The van der Waals surface area contributed by atoms with E-state index in [0.29, 0.717) is 27.6 Å². The first-order valence-electron chi connectivity index (χ1n) is 10.2. The molecule has 3 N–H and O–H groups in total. The quantitative estimate of drug-likeness (QED) is 0.410. The van der Waals surface area contributed by atoms with Crippen LogP contribution in [0.3, 0.4) is 0 Å². The Morgan fingerprint density at radius 2 is 1.71 bits per heavy atom. The number of carbonyl (C=O) groups is 1. The zero-order chi connectivity index (χ0) is 24.9. The van der Waals surface area contributed by atoms with Gasteiger partial charge in [0, 0.05) is 22.3 Å². The molecule has 0 radical (unpaired) electrons. The minimum Gasteiger partial charge on any atom is -0.493 e. The summed E-state index contributed by atoms with van der Waals surface area (Å²) < 4.78 is 37.8. The molecule has 34 heavy (non-hydrogen) atoms. The van der Waals surface area contributed by atoms with Crippen molar-refractivity contribution in [2.24, 2.45) is 0 Å². The molecule has 0 bridgehead atoms. The number of halogens is 1. The molecule has 3 aromatic rings. The summed E-state index contributed by atoms with van der Waals surface area (Å²) in [5.41, 5.74) is 2.23. The van der Waals surface area contributed by atoms with Gasteiger partial charge in [-0.1, -0.05) is 35.9 Å². The van der Waals surface area contributed by atoms with Crippen LogP contribution < -0.4 is 19.5 Å². The number of aliphatic hydroxyl groups excluding tert-OH is 1. The Hall–Kier alpha value is -3.11. The highest BCUT2D eigenvalue weighted by Crippen LogP contribution is 2.32. The summed E-state index contributed by atoms with van der Waals surface area (Å²) in [5.74, 6) is -0.00268. The van der Waals surface area contributed by atoms with Crippen LogP contribution in [0.5, 0.6) is 11.5 Å². The molecule has 3 rings (SSSR count). The van der Waals surface area contributed by atoms with E-state index < -0.39 is 28.6 Å². The van der Waals surface area contributed by atoms with Gasteiger partial charge in [0.25, 0.3) is 0 Å². The number of sulfonamides is 1. The molecule has 0 heterocycles. The van der Waals surface area contributed by atoms with Crippen LogP contribution in [0.1, 0.15) is 22.8 Å². The number of anilines is 1. The van der Waals surface area contributed by atoms with Gasteiger partial charge < -0.3 is 19.9 Å². The number of aliphatic hydroxyl groups is 1. The molecular weight excluding hydrogens is 480 g/mol. The van der Waals surface area contributed by atoms with Gasteiger partial charge in [-0.3, -0.25) is 4.79 Å². The number of hydrogen-bond donors (Lipinski definition) is 3. The van der Waals surface area contributed by atoms with Crippen molar-refractivity contribution in [1.82, 2.24) is 4.72 Å². The van der Waals surface area contributed by atoms with E-state index in [1.54, 1.807) is 30.3 Å². The van der Waals surface area contributed by atoms with Crippen LogP contribution in [0.25, 0.3) is 0 Å². The van der Waals surface area contributed by atoms with Crippen LogP contribution in [0.4, 0.5) is 5.69 Å². The van der Waals surface area contributed by atoms with E-state index in [1.807, 2.05) is 19.1 Å². The maximum atomic E-state index is 12.7. The van der Waals surface area contributed by atoms with Crippen molar-refractivity contribution < 1.29 is 27.8 Å². The number of nitrogens with one attached hydrogen (secondary N) is 2. The van der Waals surface area contributed by atoms with Crippen molar-refractivity contribution in [3.05, 3.63) is 82.4 Å². The Kier molecular flexibility index (Phi) is 8.16. The molecule has 1 atom stereocenters. The second kappa shape index (κ2) is 10.9. The molecule has 0 fully saturated rings. The summed E-state index contributed by atoms with van der Waals surface area (Å²) in [6.07, 6.45) is -1.04. The van der Waals surface area contributed by atoms with Crippen molar-refractivity contribution in [2.45, 2.75) is 17.9 Å². The Balaban J connectivity index is 1.76. The number of benzene rings is 3. The third-order valence-corrected chi connectivity index (χ3v) is 6.79. The molecular formula is C24H25ClN2O6S. The second-order valence-electron chi connectivity index (χ2n) is 7.38. The van der Waals surface area contributed by atoms with Gasteiger partial charge in [-0.15, -0.1) is 0 Å². The van der Waals surface area contributed by atoms with E-state index in [1.165, 1.54) is 32.4 Å². The van der Waals surface area contributed by atoms with Crippen LogP contribution >= 0.6 is 11.6 Å². The number of ether oxygens (including phenoxy) is 2. The van der Waals surface area contributed by atoms with E-state index in [-0.39, 0.29) is 10.6 Å². The fourth-order valence-electron chi connectivity index (χ4n) is 3.36. The number of hydrogen-bond acceptors (Lipinski definition) is 6. The predicted molar refractivity (Wildman–Crippen MR) is 130 cm³/mol. The Labute approximate surface area is 203 Å². The van der Waals surface area contributed by atoms with Gasteiger partial charge in [0.2, 0.25) is 15.9 Å². The second-order valence-corrected chi connectivity index (χ2v) is 9.58. The van der Waals surface area contributed by atoms with Crippen molar-refractivity contribution >= 4 is 33.2 Å². The van der Waals surface area contributed by atoms with Gasteiger partial charge in [-0.25, -0.2) is 13.1 Å². The highest BCUT2D eigenvalue weighted by atomic mass is 35.5. The molecule has 0 aliphatic rings. The lowest BCUT2D eigenvalue weighted by Crippen LogP contribution is -2.33. The minimum atomic E-state index is -4.00. The van der Waals surface area contributed by atoms with Gasteiger partial charge in [0.1, 0.15) is 6.10 Å². The molecule has 180 valence electrons. The summed E-state index contributed by atoms with van der Waals surface area (Å²) in [5, 5.41) is 14.0. The van der Waals surface area contributed by atoms with Crippen LogP contribution in [0.2, 0.25) is 5.02 Å². The van der Waals surface area contributed by atoms with Crippen molar-refractivity contribution in [2.75, 3.05) is 26.1 Å². The first-order valence-corrected chi connectivity index (χ1v) is 12.1. The SMILES string of the molecule is COc1ccc(S(=O)(=O)NCC(=O)Nc2ccc(Cl)cc2C(O)c2ccccc2C)cc1OC. The van der Waals surface area contributed by atoms with E-state index in [4.69, 9.17) is 21.1 Å². The van der Waals surface area contributed by atoms with Gasteiger partial charge in [0.15, 0.2) is 11.5 Å². The fraction of sp³-hybridized carbons (Fsp3) is 0.208. The largest absolute Gasteiger partial charge is 0.493 e. The minimum absolute atomic E-state index is 0.0832.